The molecule has 2 aliphatic rings. The van der Waals surface area contributed by atoms with Crippen LogP contribution in [0.3, 0.4) is 0 Å². The van der Waals surface area contributed by atoms with E-state index < -0.39 is 5.41 Å². The van der Waals surface area contributed by atoms with E-state index in [-0.39, 0.29) is 0 Å². The van der Waals surface area contributed by atoms with E-state index in [1.54, 1.807) is 0 Å². The van der Waals surface area contributed by atoms with Crippen LogP contribution in [-0.2, 0) is 5.41 Å². The quantitative estimate of drug-likeness (QED) is 0.177. The first-order valence-corrected chi connectivity index (χ1v) is 22.2. The van der Waals surface area contributed by atoms with Gasteiger partial charge in [-0.1, -0.05) is 170 Å². The van der Waals surface area contributed by atoms with Crippen LogP contribution in [0.1, 0.15) is 22.3 Å². The number of hydrogen-bond donors (Lipinski definition) is 0. The van der Waals surface area contributed by atoms with Crippen LogP contribution < -0.4 is 0 Å². The number of nitrogens with zero attached hydrogens (tertiary/aromatic N) is 4. The highest BCUT2D eigenvalue weighted by molar-refractivity contribution is 6.27. The molecule has 0 radical (unpaired) electrons. The minimum atomic E-state index is -0.461. The third kappa shape index (κ3) is 4.53. The number of fused-ring (bicyclic) bond motifs is 12. The van der Waals surface area contributed by atoms with E-state index >= 15 is 0 Å². The molecule has 65 heavy (non-hydrogen) atoms. The van der Waals surface area contributed by atoms with Crippen LogP contribution in [0.2, 0.25) is 0 Å². The standard InChI is InChI=1S/C60H34N4O/c1-3-15-36(16-4-1)57-61-58(37-17-5-2-6-18-37)63-59(62-57)45-34-44-43-33-38(30-32-52(43)65-56(44)42-23-8-7-20-39(42)45)64-50-28-14-27-49-54(50)55-51(64)31-29-35-19-13-26-48(53(35)55)60(49)46-24-11-9-21-40(46)41-22-10-12-25-47(41)60/h1-34H. The Bertz CT molecular complexity index is 4080. The largest absolute Gasteiger partial charge is 0.455 e. The molecule has 0 aliphatic heterocycles. The van der Waals surface area contributed by atoms with Gasteiger partial charge in [-0.2, -0.15) is 0 Å². The summed E-state index contributed by atoms with van der Waals surface area (Å²) in [5.41, 5.74) is 15.4. The molecule has 5 heteroatoms. The topological polar surface area (TPSA) is 56.7 Å². The SMILES string of the molecule is c1ccc(-c2nc(-c3ccccc3)nc(-c3cc4c5cc(-n6c7cccc8c7c7c9c(cccc9ccc76)C86c7ccccc7-c7ccccc76)ccc5oc4c4ccccc34)n2)cc1. The second-order valence-electron chi connectivity index (χ2n) is 17.4. The van der Waals surface area contributed by atoms with Gasteiger partial charge in [0.2, 0.25) is 0 Å². The van der Waals surface area contributed by atoms with E-state index in [4.69, 9.17) is 19.4 Å². The molecule has 0 saturated carbocycles. The van der Waals surface area contributed by atoms with Crippen molar-refractivity contribution in [2.45, 2.75) is 5.41 Å². The maximum atomic E-state index is 6.84. The van der Waals surface area contributed by atoms with Gasteiger partial charge in [0.1, 0.15) is 11.2 Å². The van der Waals surface area contributed by atoms with Gasteiger partial charge < -0.3 is 8.98 Å². The lowest BCUT2D eigenvalue weighted by atomic mass is 9.63. The van der Waals surface area contributed by atoms with Gasteiger partial charge in [0.25, 0.3) is 0 Å². The highest BCUT2D eigenvalue weighted by Gasteiger charge is 2.50. The van der Waals surface area contributed by atoms with Crippen molar-refractivity contribution < 1.29 is 4.42 Å². The average Bonchev–Trinajstić information content (AvgIpc) is 4.02. The van der Waals surface area contributed by atoms with E-state index in [0.717, 1.165) is 55.1 Å². The summed E-state index contributed by atoms with van der Waals surface area (Å²) in [4.78, 5) is 15.4. The fraction of sp³-hybridized carbons (Fsp3) is 0.0167. The predicted octanol–water partition coefficient (Wildman–Crippen LogP) is 14.9. The second-order valence-corrected chi connectivity index (χ2v) is 17.4. The molecule has 2 aliphatic carbocycles. The molecule has 5 nitrogen and oxygen atoms in total. The Morgan fingerprint density at radius 2 is 0.954 bits per heavy atom. The summed E-state index contributed by atoms with van der Waals surface area (Å²) in [6.45, 7) is 0. The average molecular weight is 827 g/mol. The van der Waals surface area contributed by atoms with Crippen molar-refractivity contribution in [2.24, 2.45) is 0 Å². The summed E-state index contributed by atoms with van der Waals surface area (Å²) >= 11 is 0. The number of aromatic nitrogens is 4. The molecule has 0 amide bonds. The Morgan fingerprint density at radius 1 is 0.369 bits per heavy atom. The Balaban J connectivity index is 1.00. The monoisotopic (exact) mass is 826 g/mol. The normalized spacial score (nSPS) is 13.4. The van der Waals surface area contributed by atoms with Gasteiger partial charge in [-0.3, -0.25) is 0 Å². The van der Waals surface area contributed by atoms with Crippen molar-refractivity contribution in [3.05, 3.63) is 229 Å². The lowest BCUT2D eigenvalue weighted by Crippen LogP contribution is -2.30. The second kappa shape index (κ2) is 12.7. The molecule has 3 heterocycles. The van der Waals surface area contributed by atoms with E-state index in [2.05, 4.69) is 150 Å². The fourth-order valence-electron chi connectivity index (χ4n) is 11.6. The zero-order valence-electron chi connectivity index (χ0n) is 34.8. The molecular formula is C60H34N4O. The van der Waals surface area contributed by atoms with Crippen LogP contribution in [0.25, 0.3) is 116 Å². The van der Waals surface area contributed by atoms with Gasteiger partial charge >= 0.3 is 0 Å². The summed E-state index contributed by atoms with van der Waals surface area (Å²) in [5, 5.41) is 9.26. The van der Waals surface area contributed by atoms with E-state index in [1.807, 2.05) is 60.7 Å². The molecule has 300 valence electrons. The van der Waals surface area contributed by atoms with Crippen molar-refractivity contribution in [3.8, 4) is 51.0 Å². The maximum absolute atomic E-state index is 6.84. The highest BCUT2D eigenvalue weighted by Crippen LogP contribution is 2.62. The molecule has 13 aromatic rings. The zero-order chi connectivity index (χ0) is 42.4. The fourth-order valence-corrected chi connectivity index (χ4v) is 11.6. The summed E-state index contributed by atoms with van der Waals surface area (Å²) in [7, 11) is 0. The Morgan fingerprint density at radius 3 is 1.68 bits per heavy atom. The molecule has 15 rings (SSSR count). The first-order chi connectivity index (χ1) is 32.2. The van der Waals surface area contributed by atoms with Crippen molar-refractivity contribution >= 4 is 65.3 Å². The molecule has 0 saturated heterocycles. The molecule has 10 aromatic carbocycles. The summed E-state index contributed by atoms with van der Waals surface area (Å²) in [6, 6.07) is 74.2. The first-order valence-electron chi connectivity index (χ1n) is 22.2. The van der Waals surface area contributed by atoms with Gasteiger partial charge in [-0.05, 0) is 85.9 Å². The molecule has 0 fully saturated rings. The molecule has 0 N–H and O–H groups in total. The van der Waals surface area contributed by atoms with Crippen LogP contribution in [0, 0.1) is 0 Å². The summed E-state index contributed by atoms with van der Waals surface area (Å²) in [6.07, 6.45) is 0. The highest BCUT2D eigenvalue weighted by atomic mass is 16.3. The molecule has 0 atom stereocenters. The van der Waals surface area contributed by atoms with E-state index in [1.165, 1.54) is 66.0 Å². The summed E-state index contributed by atoms with van der Waals surface area (Å²) in [5.74, 6) is 1.87. The van der Waals surface area contributed by atoms with Gasteiger partial charge in [0.05, 0.1) is 16.4 Å². The maximum Gasteiger partial charge on any atom is 0.164 e. The number of furan rings is 1. The Kier molecular flexibility index (Phi) is 6.82. The van der Waals surface area contributed by atoms with Gasteiger partial charge in [-0.15, -0.1) is 0 Å². The first kappa shape index (κ1) is 34.9. The van der Waals surface area contributed by atoms with Crippen LogP contribution in [0.4, 0.5) is 0 Å². The van der Waals surface area contributed by atoms with Crippen molar-refractivity contribution in [1.29, 1.82) is 0 Å². The molecule has 1 spiro atoms. The third-order valence-corrected chi connectivity index (χ3v) is 14.2. The smallest absolute Gasteiger partial charge is 0.164 e. The lowest BCUT2D eigenvalue weighted by Gasteiger charge is -2.37. The van der Waals surface area contributed by atoms with Crippen LogP contribution in [-0.4, -0.2) is 19.5 Å². The Hall–Kier alpha value is -8.67. The number of rotatable bonds is 4. The van der Waals surface area contributed by atoms with Crippen molar-refractivity contribution in [3.63, 3.8) is 0 Å². The van der Waals surface area contributed by atoms with Crippen molar-refractivity contribution in [2.75, 3.05) is 0 Å². The van der Waals surface area contributed by atoms with Crippen LogP contribution in [0.5, 0.6) is 0 Å². The molecular weight excluding hydrogens is 793 g/mol. The van der Waals surface area contributed by atoms with E-state index in [9.17, 15) is 0 Å². The minimum Gasteiger partial charge on any atom is -0.455 e. The van der Waals surface area contributed by atoms with Gasteiger partial charge in [0, 0.05) is 49.3 Å². The molecule has 0 bridgehead atoms. The number of hydrogen-bond acceptors (Lipinski definition) is 4. The number of benzene rings is 10. The van der Waals surface area contributed by atoms with Gasteiger partial charge in [-0.25, -0.2) is 15.0 Å². The van der Waals surface area contributed by atoms with Gasteiger partial charge in [0.15, 0.2) is 17.5 Å². The van der Waals surface area contributed by atoms with Crippen LogP contribution in [0.15, 0.2) is 211 Å². The lowest BCUT2D eigenvalue weighted by molar-refractivity contribution is 0.672. The molecule has 0 unspecified atom stereocenters. The Labute approximate surface area is 372 Å². The molecule has 3 aromatic heterocycles. The zero-order valence-corrected chi connectivity index (χ0v) is 34.8. The van der Waals surface area contributed by atoms with E-state index in [0.29, 0.717) is 17.5 Å². The third-order valence-electron chi connectivity index (χ3n) is 14.2. The van der Waals surface area contributed by atoms with Crippen LogP contribution >= 0.6 is 0 Å². The summed E-state index contributed by atoms with van der Waals surface area (Å²) < 4.78 is 9.32. The predicted molar refractivity (Wildman–Crippen MR) is 264 cm³/mol. The van der Waals surface area contributed by atoms with Crippen molar-refractivity contribution in [1.82, 2.24) is 19.5 Å². The minimum absolute atomic E-state index is 0.461.